The van der Waals surface area contributed by atoms with Crippen LogP contribution in [-0.2, 0) is 10.3 Å². The fourth-order valence-corrected chi connectivity index (χ4v) is 3.69. The van der Waals surface area contributed by atoms with E-state index in [9.17, 15) is 4.79 Å². The minimum atomic E-state index is -0.507. The standard InChI is InChI=1S/C16H26N4O/c1-2-15(5-3-6-15)13-18-14(21)16(7-10-17-11-8-16)20-12-4-9-19-20/h4,9,12,17H,2-3,5-8,10-11,13H2,1H3,(H,18,21). The monoisotopic (exact) mass is 290 g/mol. The van der Waals surface area contributed by atoms with E-state index in [1.54, 1.807) is 6.20 Å². The fourth-order valence-electron chi connectivity index (χ4n) is 3.69. The number of piperidine rings is 1. The number of carbonyl (C=O) groups is 1. The lowest BCUT2D eigenvalue weighted by Crippen LogP contribution is -2.56. The quantitative estimate of drug-likeness (QED) is 0.867. The Bertz CT molecular complexity index is 467. The first kappa shape index (κ1) is 14.6. The topological polar surface area (TPSA) is 59.0 Å². The van der Waals surface area contributed by atoms with E-state index in [4.69, 9.17) is 0 Å². The van der Waals surface area contributed by atoms with Crippen LogP contribution in [0.3, 0.4) is 0 Å². The Morgan fingerprint density at radius 3 is 2.62 bits per heavy atom. The maximum absolute atomic E-state index is 12.9. The Balaban J connectivity index is 1.72. The highest BCUT2D eigenvalue weighted by atomic mass is 16.2. The third-order valence-corrected chi connectivity index (χ3v) is 5.58. The normalized spacial score (nSPS) is 23.3. The molecule has 1 amide bonds. The number of aromatic nitrogens is 2. The number of nitrogens with zero attached hydrogens (tertiary/aromatic N) is 2. The molecule has 0 spiro atoms. The average molecular weight is 290 g/mol. The second-order valence-corrected chi connectivity index (χ2v) is 6.62. The molecule has 0 atom stereocenters. The van der Waals surface area contributed by atoms with E-state index in [0.717, 1.165) is 38.9 Å². The first-order chi connectivity index (χ1) is 10.2. The van der Waals surface area contributed by atoms with Crippen LogP contribution in [0, 0.1) is 5.41 Å². The van der Waals surface area contributed by atoms with Gasteiger partial charge in [-0.2, -0.15) is 5.10 Å². The Labute approximate surface area is 126 Å². The fraction of sp³-hybridized carbons (Fsp3) is 0.750. The first-order valence-electron chi connectivity index (χ1n) is 8.20. The highest BCUT2D eigenvalue weighted by Crippen LogP contribution is 2.43. The summed E-state index contributed by atoms with van der Waals surface area (Å²) in [5.41, 5.74) is -0.151. The zero-order chi connectivity index (χ0) is 14.8. The number of amides is 1. The summed E-state index contributed by atoms with van der Waals surface area (Å²) in [6.45, 7) is 4.79. The third-order valence-electron chi connectivity index (χ3n) is 5.58. The van der Waals surface area contributed by atoms with Crippen molar-refractivity contribution in [2.45, 2.75) is 51.0 Å². The van der Waals surface area contributed by atoms with Crippen LogP contribution >= 0.6 is 0 Å². The van der Waals surface area contributed by atoms with Crippen molar-refractivity contribution < 1.29 is 4.79 Å². The van der Waals surface area contributed by atoms with Crippen molar-refractivity contribution in [1.29, 1.82) is 0 Å². The third kappa shape index (κ3) is 2.59. The molecule has 1 aliphatic heterocycles. The summed E-state index contributed by atoms with van der Waals surface area (Å²) >= 11 is 0. The molecule has 1 saturated heterocycles. The molecule has 2 fully saturated rings. The molecule has 1 aliphatic carbocycles. The molecule has 0 unspecified atom stereocenters. The molecule has 1 aromatic heterocycles. The van der Waals surface area contributed by atoms with Crippen molar-refractivity contribution in [2.24, 2.45) is 5.41 Å². The molecular weight excluding hydrogens is 264 g/mol. The summed E-state index contributed by atoms with van der Waals surface area (Å²) in [4.78, 5) is 12.9. The molecule has 3 rings (SSSR count). The Kier molecular flexibility index (Phi) is 4.02. The summed E-state index contributed by atoms with van der Waals surface area (Å²) in [5, 5.41) is 10.9. The van der Waals surface area contributed by atoms with E-state index < -0.39 is 5.54 Å². The highest BCUT2D eigenvalue weighted by Gasteiger charge is 2.43. The summed E-state index contributed by atoms with van der Waals surface area (Å²) in [6.07, 6.45) is 10.3. The number of rotatable bonds is 5. The van der Waals surface area contributed by atoms with Crippen molar-refractivity contribution in [1.82, 2.24) is 20.4 Å². The van der Waals surface area contributed by atoms with Gasteiger partial charge in [-0.25, -0.2) is 0 Å². The van der Waals surface area contributed by atoms with Gasteiger partial charge in [0.2, 0.25) is 5.91 Å². The molecule has 116 valence electrons. The van der Waals surface area contributed by atoms with Crippen molar-refractivity contribution in [3.8, 4) is 0 Å². The molecule has 0 aromatic carbocycles. The molecule has 1 aromatic rings. The molecule has 5 nitrogen and oxygen atoms in total. The maximum atomic E-state index is 12.9. The second kappa shape index (κ2) is 5.79. The van der Waals surface area contributed by atoms with E-state index >= 15 is 0 Å². The molecule has 5 heteroatoms. The second-order valence-electron chi connectivity index (χ2n) is 6.62. The molecule has 0 radical (unpaired) electrons. The van der Waals surface area contributed by atoms with Gasteiger partial charge in [0, 0.05) is 18.9 Å². The van der Waals surface area contributed by atoms with E-state index in [2.05, 4.69) is 22.7 Å². The van der Waals surface area contributed by atoms with E-state index in [-0.39, 0.29) is 5.91 Å². The van der Waals surface area contributed by atoms with Crippen molar-refractivity contribution in [2.75, 3.05) is 19.6 Å². The molecule has 1 saturated carbocycles. The van der Waals surface area contributed by atoms with Crippen LogP contribution in [0.25, 0.3) is 0 Å². The van der Waals surface area contributed by atoms with Crippen LogP contribution in [0.1, 0.15) is 45.4 Å². The van der Waals surface area contributed by atoms with Gasteiger partial charge in [-0.1, -0.05) is 13.3 Å². The Morgan fingerprint density at radius 1 is 1.33 bits per heavy atom. The molecule has 2 heterocycles. The Hall–Kier alpha value is -1.36. The van der Waals surface area contributed by atoms with Gasteiger partial charge in [-0.15, -0.1) is 0 Å². The van der Waals surface area contributed by atoms with Crippen LogP contribution in [0.2, 0.25) is 0 Å². The van der Waals surface area contributed by atoms with Crippen molar-refractivity contribution in [3.63, 3.8) is 0 Å². The van der Waals surface area contributed by atoms with Gasteiger partial charge >= 0.3 is 0 Å². The van der Waals surface area contributed by atoms with Crippen LogP contribution in [0.4, 0.5) is 0 Å². The predicted molar refractivity (Wildman–Crippen MR) is 81.9 cm³/mol. The average Bonchev–Trinajstić information content (AvgIpc) is 3.02. The van der Waals surface area contributed by atoms with Crippen LogP contribution in [0.15, 0.2) is 18.5 Å². The summed E-state index contributed by atoms with van der Waals surface area (Å²) < 4.78 is 1.86. The number of hydrogen-bond donors (Lipinski definition) is 2. The smallest absolute Gasteiger partial charge is 0.248 e. The number of carbonyl (C=O) groups excluding carboxylic acids is 1. The van der Waals surface area contributed by atoms with Gasteiger partial charge in [0.05, 0.1) is 0 Å². The van der Waals surface area contributed by atoms with Gasteiger partial charge < -0.3 is 10.6 Å². The van der Waals surface area contributed by atoms with Crippen molar-refractivity contribution >= 4 is 5.91 Å². The molecular formula is C16H26N4O. The summed E-state index contributed by atoms with van der Waals surface area (Å²) in [5.74, 6) is 0.146. The van der Waals surface area contributed by atoms with Gasteiger partial charge in [0.1, 0.15) is 5.54 Å². The lowest BCUT2D eigenvalue weighted by molar-refractivity contribution is -0.133. The van der Waals surface area contributed by atoms with Gasteiger partial charge in [-0.05, 0) is 56.7 Å². The zero-order valence-electron chi connectivity index (χ0n) is 12.9. The first-order valence-corrected chi connectivity index (χ1v) is 8.20. The minimum absolute atomic E-state index is 0.146. The maximum Gasteiger partial charge on any atom is 0.248 e. The molecule has 2 aliphatic rings. The largest absolute Gasteiger partial charge is 0.353 e. The van der Waals surface area contributed by atoms with Gasteiger partial charge in [0.15, 0.2) is 0 Å². The van der Waals surface area contributed by atoms with E-state index in [0.29, 0.717) is 5.41 Å². The number of hydrogen-bond acceptors (Lipinski definition) is 3. The predicted octanol–water partition coefficient (Wildman–Crippen LogP) is 1.66. The molecule has 21 heavy (non-hydrogen) atoms. The van der Waals surface area contributed by atoms with Crippen LogP contribution in [0.5, 0.6) is 0 Å². The lowest BCUT2D eigenvalue weighted by atomic mass is 9.67. The Morgan fingerprint density at radius 2 is 2.10 bits per heavy atom. The summed E-state index contributed by atoms with van der Waals surface area (Å²) in [6, 6.07) is 1.90. The number of nitrogens with one attached hydrogen (secondary N) is 2. The zero-order valence-corrected chi connectivity index (χ0v) is 12.9. The lowest BCUT2D eigenvalue weighted by Gasteiger charge is -2.43. The summed E-state index contributed by atoms with van der Waals surface area (Å²) in [7, 11) is 0. The van der Waals surface area contributed by atoms with Crippen LogP contribution in [-0.4, -0.2) is 35.3 Å². The molecule has 0 bridgehead atoms. The van der Waals surface area contributed by atoms with Crippen molar-refractivity contribution in [3.05, 3.63) is 18.5 Å². The SMILES string of the molecule is CCC1(CNC(=O)C2(n3cccn3)CCNCC2)CCC1. The van der Waals surface area contributed by atoms with Crippen LogP contribution < -0.4 is 10.6 Å². The van der Waals surface area contributed by atoms with E-state index in [1.165, 1.54) is 19.3 Å². The highest BCUT2D eigenvalue weighted by molar-refractivity contribution is 5.84. The van der Waals surface area contributed by atoms with Gasteiger partial charge in [-0.3, -0.25) is 9.48 Å². The minimum Gasteiger partial charge on any atom is -0.353 e. The molecule has 2 N–H and O–H groups in total. The van der Waals surface area contributed by atoms with E-state index in [1.807, 2.05) is 16.9 Å². The van der Waals surface area contributed by atoms with Gasteiger partial charge in [0.25, 0.3) is 0 Å².